The van der Waals surface area contributed by atoms with Crippen LogP contribution in [0.5, 0.6) is 5.75 Å². The molecule has 0 aliphatic rings. The number of carbonyl (C=O) groups excluding carboxylic acids is 1. The highest BCUT2D eigenvalue weighted by molar-refractivity contribution is 6.32. The lowest BCUT2D eigenvalue weighted by Gasteiger charge is -2.07. The molecule has 0 aliphatic carbocycles. The highest BCUT2D eigenvalue weighted by Crippen LogP contribution is 2.30. The fraction of sp³-hybridized carbons (Fsp3) is 0.125. The first-order valence-electron chi connectivity index (χ1n) is 3.39. The second kappa shape index (κ2) is 3.62. The Morgan fingerprint density at radius 1 is 1.62 bits per heavy atom. The van der Waals surface area contributed by atoms with E-state index >= 15 is 0 Å². The van der Waals surface area contributed by atoms with E-state index in [0.717, 1.165) is 6.07 Å². The van der Waals surface area contributed by atoms with Crippen molar-refractivity contribution in [1.29, 1.82) is 0 Å². The maximum atomic E-state index is 12.8. The number of hydrogen-bond donors (Lipinski definition) is 1. The smallest absolute Gasteiger partial charge is 0.252 e. The monoisotopic (exact) mass is 203 g/mol. The van der Waals surface area contributed by atoms with E-state index < -0.39 is 11.7 Å². The van der Waals surface area contributed by atoms with Gasteiger partial charge in [-0.25, -0.2) is 4.39 Å². The minimum absolute atomic E-state index is 0.0332. The molecule has 70 valence electrons. The molecule has 0 radical (unpaired) electrons. The fourth-order valence-corrected chi connectivity index (χ4v) is 1.17. The van der Waals surface area contributed by atoms with Gasteiger partial charge in [-0.05, 0) is 12.1 Å². The molecule has 0 saturated carbocycles. The lowest BCUT2D eigenvalue weighted by Crippen LogP contribution is -2.12. The molecule has 1 rings (SSSR count). The Labute approximate surface area is 79.2 Å². The van der Waals surface area contributed by atoms with Gasteiger partial charge in [0, 0.05) is 0 Å². The van der Waals surface area contributed by atoms with Gasteiger partial charge >= 0.3 is 0 Å². The van der Waals surface area contributed by atoms with Crippen LogP contribution in [-0.2, 0) is 0 Å². The van der Waals surface area contributed by atoms with Gasteiger partial charge in [-0.3, -0.25) is 4.79 Å². The summed E-state index contributed by atoms with van der Waals surface area (Å²) in [5.74, 6) is -1.39. The van der Waals surface area contributed by atoms with E-state index in [2.05, 4.69) is 0 Å². The van der Waals surface area contributed by atoms with Crippen LogP contribution in [0.15, 0.2) is 12.1 Å². The molecule has 1 amide bonds. The summed E-state index contributed by atoms with van der Waals surface area (Å²) in [6, 6.07) is 2.29. The van der Waals surface area contributed by atoms with Crippen LogP contribution >= 0.6 is 11.6 Å². The quantitative estimate of drug-likeness (QED) is 0.794. The normalized spacial score (nSPS) is 9.77. The van der Waals surface area contributed by atoms with E-state index in [1.54, 1.807) is 0 Å². The number of nitrogens with two attached hydrogens (primary N) is 1. The van der Waals surface area contributed by atoms with Gasteiger partial charge in [0.2, 0.25) is 0 Å². The van der Waals surface area contributed by atoms with E-state index in [4.69, 9.17) is 22.1 Å². The summed E-state index contributed by atoms with van der Waals surface area (Å²) in [7, 11) is 1.28. The molecule has 0 atom stereocenters. The number of primary amides is 1. The molecule has 0 bridgehead atoms. The topological polar surface area (TPSA) is 52.3 Å². The van der Waals surface area contributed by atoms with Gasteiger partial charge < -0.3 is 10.5 Å². The summed E-state index contributed by atoms with van der Waals surface area (Å²) in [5.41, 5.74) is 5.07. The summed E-state index contributed by atoms with van der Waals surface area (Å²) < 4.78 is 17.6. The second-order valence-electron chi connectivity index (χ2n) is 2.31. The van der Waals surface area contributed by atoms with Gasteiger partial charge in [-0.15, -0.1) is 0 Å². The minimum Gasteiger partial charge on any atom is -0.494 e. The van der Waals surface area contributed by atoms with Crippen molar-refractivity contribution < 1.29 is 13.9 Å². The second-order valence-corrected chi connectivity index (χ2v) is 2.68. The average Bonchev–Trinajstić information content (AvgIpc) is 2.09. The van der Waals surface area contributed by atoms with Crippen molar-refractivity contribution in [3.05, 3.63) is 28.5 Å². The zero-order valence-corrected chi connectivity index (χ0v) is 7.56. The van der Waals surface area contributed by atoms with Crippen molar-refractivity contribution in [2.75, 3.05) is 7.11 Å². The first-order chi connectivity index (χ1) is 6.07. The van der Waals surface area contributed by atoms with Crippen LogP contribution in [0.1, 0.15) is 10.4 Å². The number of carbonyl (C=O) groups is 1. The van der Waals surface area contributed by atoms with Gasteiger partial charge in [-0.1, -0.05) is 11.6 Å². The first-order valence-corrected chi connectivity index (χ1v) is 3.77. The molecular weight excluding hydrogens is 197 g/mol. The maximum Gasteiger partial charge on any atom is 0.252 e. The number of benzene rings is 1. The Morgan fingerprint density at radius 2 is 2.23 bits per heavy atom. The molecule has 0 aromatic heterocycles. The third-order valence-electron chi connectivity index (χ3n) is 1.52. The van der Waals surface area contributed by atoms with E-state index in [1.807, 2.05) is 0 Å². The molecular formula is C8H7ClFNO2. The molecule has 3 nitrogen and oxygen atoms in total. The Morgan fingerprint density at radius 3 is 2.69 bits per heavy atom. The zero-order chi connectivity index (χ0) is 10.0. The number of halogens is 2. The van der Waals surface area contributed by atoms with Crippen molar-refractivity contribution >= 4 is 17.5 Å². The lowest BCUT2D eigenvalue weighted by molar-refractivity contribution is 0.0997. The van der Waals surface area contributed by atoms with Crippen molar-refractivity contribution in [1.82, 2.24) is 0 Å². The van der Waals surface area contributed by atoms with Crippen molar-refractivity contribution in [3.63, 3.8) is 0 Å². The van der Waals surface area contributed by atoms with Crippen LogP contribution in [-0.4, -0.2) is 13.0 Å². The highest BCUT2D eigenvalue weighted by Gasteiger charge is 2.15. The first kappa shape index (κ1) is 9.80. The standard InChI is InChI=1S/C8H7ClFNO2/c1-13-7-4(8(11)12)2-3-5(10)6(7)9/h2-3H,1H3,(H2,11,12). The van der Waals surface area contributed by atoms with Crippen molar-refractivity contribution in [3.8, 4) is 5.75 Å². The zero-order valence-electron chi connectivity index (χ0n) is 6.80. The van der Waals surface area contributed by atoms with E-state index in [-0.39, 0.29) is 16.3 Å². The Kier molecular flexibility index (Phi) is 2.72. The summed E-state index contributed by atoms with van der Waals surface area (Å²) in [6.07, 6.45) is 0. The molecule has 0 saturated heterocycles. The number of methoxy groups -OCH3 is 1. The van der Waals surface area contributed by atoms with Gasteiger partial charge in [-0.2, -0.15) is 0 Å². The maximum absolute atomic E-state index is 12.8. The third-order valence-corrected chi connectivity index (χ3v) is 1.87. The SMILES string of the molecule is COc1c(C(N)=O)ccc(F)c1Cl. The Hall–Kier alpha value is -1.29. The van der Waals surface area contributed by atoms with Crippen LogP contribution in [0, 0.1) is 5.82 Å². The Bertz CT molecular complexity index is 354. The van der Waals surface area contributed by atoms with Gasteiger partial charge in [0.15, 0.2) is 5.75 Å². The van der Waals surface area contributed by atoms with Crippen LogP contribution < -0.4 is 10.5 Å². The number of rotatable bonds is 2. The molecule has 0 unspecified atom stereocenters. The predicted octanol–water partition coefficient (Wildman–Crippen LogP) is 1.59. The summed E-state index contributed by atoms with van der Waals surface area (Å²) in [4.78, 5) is 10.8. The minimum atomic E-state index is -0.709. The molecule has 5 heteroatoms. The largest absolute Gasteiger partial charge is 0.494 e. The van der Waals surface area contributed by atoms with Crippen LogP contribution in [0.25, 0.3) is 0 Å². The molecule has 0 fully saturated rings. The number of amides is 1. The molecule has 2 N–H and O–H groups in total. The summed E-state index contributed by atoms with van der Waals surface area (Å²) >= 11 is 5.53. The summed E-state index contributed by atoms with van der Waals surface area (Å²) in [5, 5.41) is -0.237. The highest BCUT2D eigenvalue weighted by atomic mass is 35.5. The number of ether oxygens (including phenoxy) is 1. The van der Waals surface area contributed by atoms with E-state index in [0.29, 0.717) is 0 Å². The average molecular weight is 204 g/mol. The number of hydrogen-bond acceptors (Lipinski definition) is 2. The lowest BCUT2D eigenvalue weighted by atomic mass is 10.2. The van der Waals surface area contributed by atoms with Crippen LogP contribution in [0.2, 0.25) is 5.02 Å². The summed E-state index contributed by atoms with van der Waals surface area (Å²) in [6.45, 7) is 0. The van der Waals surface area contributed by atoms with Gasteiger partial charge in [0.1, 0.15) is 10.8 Å². The van der Waals surface area contributed by atoms with Crippen molar-refractivity contribution in [2.45, 2.75) is 0 Å². The van der Waals surface area contributed by atoms with Gasteiger partial charge in [0.25, 0.3) is 5.91 Å². The fourth-order valence-electron chi connectivity index (χ4n) is 0.926. The molecule has 1 aromatic carbocycles. The van der Waals surface area contributed by atoms with Crippen LogP contribution in [0.3, 0.4) is 0 Å². The van der Waals surface area contributed by atoms with E-state index in [9.17, 15) is 9.18 Å². The molecule has 1 aromatic rings. The van der Waals surface area contributed by atoms with Gasteiger partial charge in [0.05, 0.1) is 12.7 Å². The molecule has 13 heavy (non-hydrogen) atoms. The Balaban J connectivity index is 3.38. The van der Waals surface area contributed by atoms with Crippen molar-refractivity contribution in [2.24, 2.45) is 5.73 Å². The molecule has 0 spiro atoms. The molecule has 0 aliphatic heterocycles. The molecule has 0 heterocycles. The van der Waals surface area contributed by atoms with E-state index in [1.165, 1.54) is 13.2 Å². The third kappa shape index (κ3) is 1.72. The predicted molar refractivity (Wildman–Crippen MR) is 46.5 cm³/mol. The van der Waals surface area contributed by atoms with Crippen LogP contribution in [0.4, 0.5) is 4.39 Å².